The van der Waals surface area contributed by atoms with E-state index in [1.54, 1.807) is 7.11 Å². The molecule has 0 aromatic carbocycles. The molecular weight excluding hydrogens is 594 g/mol. The van der Waals surface area contributed by atoms with E-state index in [1.807, 2.05) is 0 Å². The number of aliphatic hydroxyl groups is 2. The summed E-state index contributed by atoms with van der Waals surface area (Å²) in [6, 6.07) is 0. The van der Waals surface area contributed by atoms with E-state index in [0.717, 1.165) is 31.4 Å². The van der Waals surface area contributed by atoms with Crippen LogP contribution in [0.4, 0.5) is 0 Å². The van der Waals surface area contributed by atoms with Gasteiger partial charge in [-0.25, -0.2) is 0 Å². The molecule has 6 aliphatic rings. The van der Waals surface area contributed by atoms with E-state index in [0.29, 0.717) is 30.6 Å². The maximum absolute atomic E-state index is 11.4. The summed E-state index contributed by atoms with van der Waals surface area (Å²) in [7, 11) is 2.71. The van der Waals surface area contributed by atoms with Crippen LogP contribution in [-0.2, 0) is 22.8 Å². The number of methoxy groups -OCH3 is 1. The summed E-state index contributed by atoms with van der Waals surface area (Å²) in [5.74, 6) is 3.06. The Labute approximate surface area is 270 Å². The van der Waals surface area contributed by atoms with Gasteiger partial charge >= 0.3 is 8.60 Å². The summed E-state index contributed by atoms with van der Waals surface area (Å²) in [4.78, 5) is 0. The fraction of sp³-hybridized carbons (Fsp3) is 0.943. The smallest absolute Gasteiger partial charge is 0.333 e. The molecule has 44 heavy (non-hydrogen) atoms. The minimum atomic E-state index is -1.61. The number of hydrogen-bond donors (Lipinski definition) is 2. The molecule has 5 aliphatic carbocycles. The first-order valence-corrected chi connectivity index (χ1v) is 19.1. The molecule has 2 N–H and O–H groups in total. The normalized spacial score (nSPS) is 48.1. The quantitative estimate of drug-likeness (QED) is 0.293. The van der Waals surface area contributed by atoms with Crippen molar-refractivity contribution in [3.63, 3.8) is 0 Å². The first kappa shape index (κ1) is 34.0. The number of hydrogen-bond acceptors (Lipinski definition) is 7. The van der Waals surface area contributed by atoms with Crippen molar-refractivity contribution in [2.24, 2.45) is 58.2 Å². The Bertz CT molecular complexity index is 1020. The van der Waals surface area contributed by atoms with Crippen LogP contribution in [0.3, 0.4) is 0 Å². The van der Waals surface area contributed by atoms with Crippen LogP contribution < -0.4 is 0 Å². The van der Waals surface area contributed by atoms with E-state index in [1.165, 1.54) is 25.7 Å². The number of fused-ring (bicyclic) bond motifs is 2. The Morgan fingerprint density at radius 3 is 2.18 bits per heavy atom. The molecule has 0 aromatic rings. The molecular formula is C35H60O7P2. The van der Waals surface area contributed by atoms with Crippen molar-refractivity contribution in [2.75, 3.05) is 7.11 Å². The van der Waals surface area contributed by atoms with Gasteiger partial charge in [-0.2, -0.15) is 0 Å². The van der Waals surface area contributed by atoms with Crippen molar-refractivity contribution in [3.05, 3.63) is 11.8 Å². The van der Waals surface area contributed by atoms with Crippen molar-refractivity contribution in [1.82, 2.24) is 0 Å². The van der Waals surface area contributed by atoms with Crippen molar-refractivity contribution < 1.29 is 33.0 Å². The lowest BCUT2D eigenvalue weighted by molar-refractivity contribution is -0.177. The number of rotatable bonds is 5. The van der Waals surface area contributed by atoms with Gasteiger partial charge in [0.2, 0.25) is 0 Å². The van der Waals surface area contributed by atoms with Crippen LogP contribution in [0.25, 0.3) is 0 Å². The summed E-state index contributed by atoms with van der Waals surface area (Å²) in [5, 5.41) is 22.6. The van der Waals surface area contributed by atoms with Gasteiger partial charge in [-0.15, -0.1) is 0 Å². The lowest BCUT2D eigenvalue weighted by atomic mass is 9.57. The maximum atomic E-state index is 11.4. The summed E-state index contributed by atoms with van der Waals surface area (Å²) < 4.78 is 33.2. The Morgan fingerprint density at radius 2 is 1.52 bits per heavy atom. The van der Waals surface area contributed by atoms with Gasteiger partial charge < -0.3 is 33.0 Å². The Hall–Kier alpha value is 0.160. The highest BCUT2D eigenvalue weighted by molar-refractivity contribution is 7.41. The second kappa shape index (κ2) is 13.2. The van der Waals surface area contributed by atoms with Crippen LogP contribution in [0.5, 0.6) is 0 Å². The van der Waals surface area contributed by atoms with Gasteiger partial charge in [0, 0.05) is 33.6 Å². The monoisotopic (exact) mass is 654 g/mol. The second-order valence-corrected chi connectivity index (χ2v) is 18.7. The third kappa shape index (κ3) is 6.58. The average molecular weight is 655 g/mol. The number of ether oxygens (including phenoxy) is 1. The van der Waals surface area contributed by atoms with Crippen LogP contribution in [0.1, 0.15) is 106 Å². The maximum Gasteiger partial charge on any atom is 0.333 e. The molecule has 1 saturated heterocycles. The number of allylic oxidation sites excluding steroid dienone is 1. The highest BCUT2D eigenvalue weighted by Gasteiger charge is 2.58. The van der Waals surface area contributed by atoms with Gasteiger partial charge in [0.05, 0.1) is 49.5 Å². The lowest BCUT2D eigenvalue weighted by Crippen LogP contribution is -2.58. The van der Waals surface area contributed by atoms with Gasteiger partial charge in [-0.05, 0) is 91.4 Å². The first-order valence-electron chi connectivity index (χ1n) is 17.6. The van der Waals surface area contributed by atoms with Crippen LogP contribution in [0.15, 0.2) is 11.8 Å². The second-order valence-electron chi connectivity index (χ2n) is 17.3. The standard InChI is InChI=1S/C35H60O7P2/c1-34(2,3)25-16-21(36)15-23(24-17-22(38-7)18-26(31(24)39-43)35(4,5)6)32(25)41-44-40-28-13-9-11-20-14-19-10-8-12-27(37)29(19)33(42-44)30(20)28/h17,19-21,23-33,36-37H,8-16,18,43H2,1-7H3. The summed E-state index contributed by atoms with van der Waals surface area (Å²) in [6.45, 7) is 13.6. The van der Waals surface area contributed by atoms with Crippen LogP contribution in [0.2, 0.25) is 0 Å². The Balaban J connectivity index is 1.33. The average Bonchev–Trinajstić information content (AvgIpc) is 2.96. The van der Waals surface area contributed by atoms with Crippen molar-refractivity contribution in [2.45, 2.75) is 142 Å². The summed E-state index contributed by atoms with van der Waals surface area (Å²) in [6.07, 6.45) is 11.5. The fourth-order valence-electron chi connectivity index (χ4n) is 10.5. The lowest BCUT2D eigenvalue weighted by Gasteiger charge is -2.57. The van der Waals surface area contributed by atoms with Gasteiger partial charge in [0.25, 0.3) is 0 Å². The van der Waals surface area contributed by atoms with E-state index in [4.69, 9.17) is 22.8 Å². The minimum absolute atomic E-state index is 0.00277. The van der Waals surface area contributed by atoms with Crippen molar-refractivity contribution >= 4 is 18.1 Å². The first-order chi connectivity index (χ1) is 20.8. The molecule has 9 heteroatoms. The highest BCUT2D eigenvalue weighted by Crippen LogP contribution is 2.63. The zero-order chi connectivity index (χ0) is 31.6. The third-order valence-electron chi connectivity index (χ3n) is 12.7. The molecule has 4 saturated carbocycles. The topological polar surface area (TPSA) is 86.6 Å². The third-order valence-corrected chi connectivity index (χ3v) is 14.3. The SMILES string of the molecule is COC1=CC(C2CC(O)CC(C(C)(C)C)C2OP2OC3CCCC4CC5CCCC(O)C5C(O2)C43)C(OP)C(C(C)(C)C)C1. The molecule has 252 valence electrons. The molecule has 0 bridgehead atoms. The van der Waals surface area contributed by atoms with Crippen molar-refractivity contribution in [1.29, 1.82) is 0 Å². The van der Waals surface area contributed by atoms with E-state index < -0.39 is 14.7 Å². The van der Waals surface area contributed by atoms with E-state index >= 15 is 0 Å². The highest BCUT2D eigenvalue weighted by atomic mass is 31.2. The number of aliphatic hydroxyl groups excluding tert-OH is 2. The van der Waals surface area contributed by atoms with E-state index in [9.17, 15) is 10.2 Å². The molecule has 16 atom stereocenters. The van der Waals surface area contributed by atoms with Crippen molar-refractivity contribution in [3.8, 4) is 0 Å². The predicted molar refractivity (Wildman–Crippen MR) is 176 cm³/mol. The van der Waals surface area contributed by atoms with E-state index in [2.05, 4.69) is 57.1 Å². The van der Waals surface area contributed by atoms with Crippen LogP contribution >= 0.6 is 18.1 Å². The molecule has 1 heterocycles. The molecule has 0 amide bonds. The van der Waals surface area contributed by atoms with Crippen LogP contribution in [0, 0.1) is 58.2 Å². The molecule has 7 nitrogen and oxygen atoms in total. The van der Waals surface area contributed by atoms with Crippen LogP contribution in [-0.4, -0.2) is 53.9 Å². The summed E-state index contributed by atoms with van der Waals surface area (Å²) >= 11 is 0. The largest absolute Gasteiger partial charge is 0.501 e. The summed E-state index contributed by atoms with van der Waals surface area (Å²) in [5.41, 5.74) is -0.0816. The zero-order valence-corrected chi connectivity index (χ0v) is 30.2. The molecule has 5 fully saturated rings. The molecule has 0 aromatic heterocycles. The molecule has 0 radical (unpaired) electrons. The van der Waals surface area contributed by atoms with Gasteiger partial charge in [-0.1, -0.05) is 54.4 Å². The predicted octanol–water partition coefficient (Wildman–Crippen LogP) is 7.80. The Kier molecular flexibility index (Phi) is 10.2. The fourth-order valence-corrected chi connectivity index (χ4v) is 12.5. The Morgan fingerprint density at radius 1 is 0.841 bits per heavy atom. The van der Waals surface area contributed by atoms with Gasteiger partial charge in [0.15, 0.2) is 0 Å². The van der Waals surface area contributed by atoms with E-state index in [-0.39, 0.29) is 70.9 Å². The molecule has 6 rings (SSSR count). The zero-order valence-electron chi connectivity index (χ0n) is 28.2. The molecule has 1 aliphatic heterocycles. The minimum Gasteiger partial charge on any atom is -0.501 e. The van der Waals surface area contributed by atoms with Gasteiger partial charge in [-0.3, -0.25) is 0 Å². The van der Waals surface area contributed by atoms with Gasteiger partial charge in [0.1, 0.15) is 0 Å². The molecule has 0 spiro atoms. The molecule has 16 unspecified atom stereocenters.